The first-order valence-corrected chi connectivity index (χ1v) is 6.46. The van der Waals surface area contributed by atoms with Crippen molar-refractivity contribution in [1.82, 2.24) is 0 Å². The van der Waals surface area contributed by atoms with E-state index in [1.807, 2.05) is 26.8 Å². The van der Waals surface area contributed by atoms with Gasteiger partial charge < -0.3 is 9.47 Å². The van der Waals surface area contributed by atoms with E-state index >= 15 is 0 Å². The summed E-state index contributed by atoms with van der Waals surface area (Å²) in [6.07, 6.45) is 5.99. The van der Waals surface area contributed by atoms with Gasteiger partial charge >= 0.3 is 5.97 Å². The molecule has 1 heterocycles. The average molecular weight is 240 g/mol. The Balaban J connectivity index is 2.63. The van der Waals surface area contributed by atoms with Crippen LogP contribution in [0.4, 0.5) is 0 Å². The van der Waals surface area contributed by atoms with E-state index in [2.05, 4.69) is 6.58 Å². The number of hydrogen-bond donors (Lipinski definition) is 0. The Labute approximate surface area is 104 Å². The molecular formula is C14H24O3. The molecule has 0 N–H and O–H groups in total. The molecule has 1 aliphatic heterocycles. The molecule has 0 unspecified atom stereocenters. The monoisotopic (exact) mass is 240 g/mol. The van der Waals surface area contributed by atoms with E-state index in [1.165, 1.54) is 0 Å². The third kappa shape index (κ3) is 3.56. The van der Waals surface area contributed by atoms with Crippen molar-refractivity contribution in [2.45, 2.75) is 58.7 Å². The largest absolute Gasteiger partial charge is 0.466 e. The summed E-state index contributed by atoms with van der Waals surface area (Å²) in [4.78, 5) is 11.9. The molecule has 0 aromatic rings. The normalized spacial score (nSPS) is 25.4. The molecule has 98 valence electrons. The maximum atomic E-state index is 11.9. The van der Waals surface area contributed by atoms with Crippen molar-refractivity contribution in [3.05, 3.63) is 12.7 Å². The predicted octanol–water partition coefficient (Wildman–Crippen LogP) is 3.09. The summed E-state index contributed by atoms with van der Waals surface area (Å²) in [6.45, 7) is 9.80. The van der Waals surface area contributed by atoms with E-state index in [9.17, 15) is 4.79 Å². The standard InChI is InChI=1S/C14H24O3/c1-5-8-11-9-7-10-12(17-11)14(3,4)13(15)16-6-2/h5,11-12H,1,6-10H2,2-4H3/t11-,12-/m1/s1. The van der Waals surface area contributed by atoms with Crippen LogP contribution >= 0.6 is 0 Å². The van der Waals surface area contributed by atoms with Crippen LogP contribution in [0.5, 0.6) is 0 Å². The summed E-state index contributed by atoms with van der Waals surface area (Å²) in [5, 5.41) is 0. The molecule has 3 heteroatoms. The molecule has 2 atom stereocenters. The highest BCUT2D eigenvalue weighted by atomic mass is 16.5. The molecule has 0 aromatic heterocycles. The maximum Gasteiger partial charge on any atom is 0.314 e. The molecule has 0 saturated carbocycles. The lowest BCUT2D eigenvalue weighted by atomic mass is 9.81. The lowest BCUT2D eigenvalue weighted by Gasteiger charge is -2.38. The van der Waals surface area contributed by atoms with Gasteiger partial charge in [0.05, 0.1) is 24.2 Å². The average Bonchev–Trinajstić information content (AvgIpc) is 2.30. The second-order valence-electron chi connectivity index (χ2n) is 5.14. The molecule has 1 fully saturated rings. The summed E-state index contributed by atoms with van der Waals surface area (Å²) in [5.74, 6) is -0.163. The number of esters is 1. The van der Waals surface area contributed by atoms with Gasteiger partial charge in [-0.05, 0) is 46.5 Å². The molecule has 0 radical (unpaired) electrons. The molecule has 0 bridgehead atoms. The van der Waals surface area contributed by atoms with Crippen LogP contribution in [0.3, 0.4) is 0 Å². The minimum absolute atomic E-state index is 0.0414. The fourth-order valence-electron chi connectivity index (χ4n) is 2.24. The number of carbonyl (C=O) groups excluding carboxylic acids is 1. The highest BCUT2D eigenvalue weighted by Gasteiger charge is 2.41. The lowest BCUT2D eigenvalue weighted by Crippen LogP contribution is -2.44. The smallest absolute Gasteiger partial charge is 0.314 e. The molecule has 0 amide bonds. The van der Waals surface area contributed by atoms with Crippen molar-refractivity contribution in [3.8, 4) is 0 Å². The van der Waals surface area contributed by atoms with E-state index in [-0.39, 0.29) is 18.2 Å². The Morgan fingerprint density at radius 2 is 2.24 bits per heavy atom. The lowest BCUT2D eigenvalue weighted by molar-refractivity contribution is -0.170. The highest BCUT2D eigenvalue weighted by molar-refractivity contribution is 5.76. The molecule has 0 aliphatic carbocycles. The van der Waals surface area contributed by atoms with Crippen molar-refractivity contribution in [3.63, 3.8) is 0 Å². The van der Waals surface area contributed by atoms with Gasteiger partial charge in [-0.1, -0.05) is 6.08 Å². The molecule has 0 spiro atoms. The summed E-state index contributed by atoms with van der Waals surface area (Å²) >= 11 is 0. The van der Waals surface area contributed by atoms with Gasteiger partial charge in [-0.15, -0.1) is 6.58 Å². The first kappa shape index (κ1) is 14.2. The van der Waals surface area contributed by atoms with E-state index in [0.29, 0.717) is 6.61 Å². The second kappa shape index (κ2) is 6.20. The van der Waals surface area contributed by atoms with Crippen LogP contribution in [0.25, 0.3) is 0 Å². The van der Waals surface area contributed by atoms with Crippen LogP contribution in [0.15, 0.2) is 12.7 Å². The molecule has 3 nitrogen and oxygen atoms in total. The van der Waals surface area contributed by atoms with Crippen molar-refractivity contribution in [2.24, 2.45) is 5.41 Å². The maximum absolute atomic E-state index is 11.9. The van der Waals surface area contributed by atoms with E-state index in [4.69, 9.17) is 9.47 Å². The van der Waals surface area contributed by atoms with E-state index in [0.717, 1.165) is 25.7 Å². The Kier molecular flexibility index (Phi) is 5.19. The number of ether oxygens (including phenoxy) is 2. The van der Waals surface area contributed by atoms with Gasteiger partial charge in [-0.2, -0.15) is 0 Å². The van der Waals surface area contributed by atoms with Gasteiger partial charge in [0, 0.05) is 0 Å². The fraction of sp³-hybridized carbons (Fsp3) is 0.786. The quantitative estimate of drug-likeness (QED) is 0.547. The third-order valence-corrected chi connectivity index (χ3v) is 3.39. The zero-order valence-electron chi connectivity index (χ0n) is 11.2. The number of carbonyl (C=O) groups is 1. The Morgan fingerprint density at radius 1 is 1.53 bits per heavy atom. The van der Waals surface area contributed by atoms with Crippen LogP contribution in [0.2, 0.25) is 0 Å². The molecular weight excluding hydrogens is 216 g/mol. The number of rotatable bonds is 5. The topological polar surface area (TPSA) is 35.5 Å². The van der Waals surface area contributed by atoms with Gasteiger partial charge in [-0.25, -0.2) is 0 Å². The van der Waals surface area contributed by atoms with Crippen LogP contribution in [-0.2, 0) is 14.3 Å². The third-order valence-electron chi connectivity index (χ3n) is 3.39. The van der Waals surface area contributed by atoms with Crippen LogP contribution in [-0.4, -0.2) is 24.8 Å². The van der Waals surface area contributed by atoms with E-state index < -0.39 is 5.41 Å². The molecule has 1 aliphatic rings. The van der Waals surface area contributed by atoms with Gasteiger partial charge in [-0.3, -0.25) is 4.79 Å². The zero-order valence-corrected chi connectivity index (χ0v) is 11.2. The van der Waals surface area contributed by atoms with Crippen LogP contribution < -0.4 is 0 Å². The second-order valence-corrected chi connectivity index (χ2v) is 5.14. The summed E-state index contributed by atoms with van der Waals surface area (Å²) in [7, 11) is 0. The SMILES string of the molecule is C=CC[C@@H]1CCC[C@H](C(C)(C)C(=O)OCC)O1. The number of hydrogen-bond acceptors (Lipinski definition) is 3. The summed E-state index contributed by atoms with van der Waals surface area (Å²) < 4.78 is 11.1. The van der Waals surface area contributed by atoms with Crippen molar-refractivity contribution >= 4 is 5.97 Å². The van der Waals surface area contributed by atoms with Gasteiger partial charge in [0.25, 0.3) is 0 Å². The van der Waals surface area contributed by atoms with Crippen LogP contribution in [0, 0.1) is 5.41 Å². The summed E-state index contributed by atoms with van der Waals surface area (Å²) in [5.41, 5.74) is -0.560. The van der Waals surface area contributed by atoms with E-state index in [1.54, 1.807) is 0 Å². The Bertz CT molecular complexity index is 271. The van der Waals surface area contributed by atoms with Crippen LogP contribution in [0.1, 0.15) is 46.5 Å². The Hall–Kier alpha value is -0.830. The molecule has 1 saturated heterocycles. The first-order chi connectivity index (χ1) is 8.02. The van der Waals surface area contributed by atoms with Gasteiger partial charge in [0.2, 0.25) is 0 Å². The summed E-state index contributed by atoms with van der Waals surface area (Å²) in [6, 6.07) is 0. The highest BCUT2D eigenvalue weighted by Crippen LogP contribution is 2.34. The Morgan fingerprint density at radius 3 is 2.82 bits per heavy atom. The van der Waals surface area contributed by atoms with Crippen molar-refractivity contribution < 1.29 is 14.3 Å². The molecule has 17 heavy (non-hydrogen) atoms. The first-order valence-electron chi connectivity index (χ1n) is 6.46. The van der Waals surface area contributed by atoms with Gasteiger partial charge in [0.15, 0.2) is 0 Å². The minimum Gasteiger partial charge on any atom is -0.466 e. The van der Waals surface area contributed by atoms with Crippen molar-refractivity contribution in [2.75, 3.05) is 6.61 Å². The fourth-order valence-corrected chi connectivity index (χ4v) is 2.24. The molecule has 0 aromatic carbocycles. The molecule has 1 rings (SSSR count). The zero-order chi connectivity index (χ0) is 12.9. The van der Waals surface area contributed by atoms with Crippen molar-refractivity contribution in [1.29, 1.82) is 0 Å². The predicted molar refractivity (Wildman–Crippen MR) is 67.7 cm³/mol. The minimum atomic E-state index is -0.560. The van der Waals surface area contributed by atoms with Gasteiger partial charge in [0.1, 0.15) is 0 Å².